The van der Waals surface area contributed by atoms with Crippen LogP contribution in [0.3, 0.4) is 0 Å². The van der Waals surface area contributed by atoms with Crippen LogP contribution >= 0.6 is 0 Å². The fraction of sp³-hybridized carbons (Fsp3) is 0.450. The van der Waals surface area contributed by atoms with Gasteiger partial charge in [-0.15, -0.1) is 0 Å². The minimum atomic E-state index is -0.592. The van der Waals surface area contributed by atoms with Crippen LogP contribution < -0.4 is 4.90 Å². The molecule has 25 heavy (non-hydrogen) atoms. The maximum absolute atomic E-state index is 12.8. The first-order valence-electron chi connectivity index (χ1n) is 8.92. The number of aliphatic hydroxyl groups excluding tert-OH is 1. The maximum Gasteiger partial charge on any atom is 0.259 e. The molecular weight excluding hydrogens is 316 g/mol. The second-order valence-electron chi connectivity index (χ2n) is 7.23. The number of benzene rings is 2. The highest BCUT2D eigenvalue weighted by Gasteiger charge is 2.32. The molecular formula is C20H24N2O3. The van der Waals surface area contributed by atoms with Crippen molar-refractivity contribution < 1.29 is 14.6 Å². The summed E-state index contributed by atoms with van der Waals surface area (Å²) in [6, 6.07) is 11.7. The van der Waals surface area contributed by atoms with Gasteiger partial charge in [0.1, 0.15) is 0 Å². The molecule has 0 spiro atoms. The van der Waals surface area contributed by atoms with Crippen LogP contribution in [0.2, 0.25) is 0 Å². The van der Waals surface area contributed by atoms with Crippen molar-refractivity contribution in [2.75, 3.05) is 31.1 Å². The Bertz CT molecular complexity index is 791. The third kappa shape index (κ3) is 3.03. The van der Waals surface area contributed by atoms with E-state index in [0.29, 0.717) is 13.1 Å². The van der Waals surface area contributed by atoms with E-state index in [1.165, 1.54) is 0 Å². The highest BCUT2D eigenvalue weighted by atomic mass is 16.5. The number of carbonyl (C=O) groups is 1. The Morgan fingerprint density at radius 3 is 2.52 bits per heavy atom. The third-order valence-electron chi connectivity index (χ3n) is 5.01. The molecule has 1 N–H and O–H groups in total. The van der Waals surface area contributed by atoms with Crippen LogP contribution in [0.5, 0.6) is 0 Å². The number of β-amino-alcohol motifs (C(OH)–C–C–N with tert-alkyl or cyclic N) is 1. The number of hydrogen-bond acceptors (Lipinski definition) is 4. The summed E-state index contributed by atoms with van der Waals surface area (Å²) in [6.07, 6.45) is -0.254. The molecule has 2 heterocycles. The van der Waals surface area contributed by atoms with Crippen molar-refractivity contribution in [3.05, 3.63) is 42.0 Å². The predicted molar refractivity (Wildman–Crippen MR) is 98.1 cm³/mol. The van der Waals surface area contributed by atoms with Crippen LogP contribution in [0.4, 0.5) is 5.69 Å². The first kappa shape index (κ1) is 16.5. The Labute approximate surface area is 147 Å². The van der Waals surface area contributed by atoms with Crippen LogP contribution in [-0.2, 0) is 4.74 Å². The molecule has 0 saturated carbocycles. The molecule has 4 rings (SSSR count). The largest absolute Gasteiger partial charge is 0.390 e. The number of carbonyl (C=O) groups excluding carboxylic acids is 1. The van der Waals surface area contributed by atoms with Gasteiger partial charge < -0.3 is 14.7 Å². The van der Waals surface area contributed by atoms with E-state index in [2.05, 4.69) is 18.7 Å². The van der Waals surface area contributed by atoms with E-state index >= 15 is 0 Å². The number of nitrogens with zero attached hydrogens (tertiary/aromatic N) is 2. The molecule has 2 aromatic rings. The summed E-state index contributed by atoms with van der Waals surface area (Å²) < 4.78 is 5.74. The van der Waals surface area contributed by atoms with Crippen molar-refractivity contribution in [3.63, 3.8) is 0 Å². The normalized spacial score (nSPS) is 24.9. The first-order chi connectivity index (χ1) is 12.0. The van der Waals surface area contributed by atoms with Gasteiger partial charge in [0.15, 0.2) is 0 Å². The molecule has 1 amide bonds. The fourth-order valence-corrected chi connectivity index (χ4v) is 4.16. The van der Waals surface area contributed by atoms with Gasteiger partial charge in [-0.25, -0.2) is 0 Å². The van der Waals surface area contributed by atoms with Crippen LogP contribution in [0.1, 0.15) is 24.2 Å². The predicted octanol–water partition coefficient (Wildman–Crippen LogP) is 2.27. The molecule has 0 aliphatic carbocycles. The van der Waals surface area contributed by atoms with Crippen LogP contribution in [-0.4, -0.2) is 60.4 Å². The summed E-state index contributed by atoms with van der Waals surface area (Å²) in [4.78, 5) is 16.7. The van der Waals surface area contributed by atoms with E-state index in [9.17, 15) is 9.90 Å². The number of morpholine rings is 1. The average Bonchev–Trinajstić information content (AvgIpc) is 2.82. The zero-order chi connectivity index (χ0) is 17.6. The second kappa shape index (κ2) is 6.41. The molecule has 2 aliphatic rings. The Morgan fingerprint density at radius 1 is 1.12 bits per heavy atom. The molecule has 0 bridgehead atoms. The van der Waals surface area contributed by atoms with Crippen molar-refractivity contribution in [2.45, 2.75) is 32.2 Å². The lowest BCUT2D eigenvalue weighted by Crippen LogP contribution is -2.50. The number of rotatable bonds is 4. The molecule has 3 atom stereocenters. The molecule has 2 aliphatic heterocycles. The third-order valence-corrected chi connectivity index (χ3v) is 5.01. The Kier molecular flexibility index (Phi) is 4.23. The summed E-state index contributed by atoms with van der Waals surface area (Å²) in [6.45, 7) is 6.59. The van der Waals surface area contributed by atoms with E-state index in [1.807, 2.05) is 36.4 Å². The summed E-state index contributed by atoms with van der Waals surface area (Å²) in [5.41, 5.74) is 1.63. The average molecular weight is 340 g/mol. The molecule has 2 aromatic carbocycles. The summed E-state index contributed by atoms with van der Waals surface area (Å²) in [5.74, 6) is -0.0189. The minimum absolute atomic E-state index is 0.0189. The van der Waals surface area contributed by atoms with E-state index in [0.717, 1.165) is 35.1 Å². The molecule has 132 valence electrons. The lowest BCUT2D eigenvalue weighted by molar-refractivity contribution is -0.0758. The van der Waals surface area contributed by atoms with Crippen molar-refractivity contribution >= 4 is 22.4 Å². The van der Waals surface area contributed by atoms with Crippen LogP contribution in [0.25, 0.3) is 10.8 Å². The highest BCUT2D eigenvalue weighted by molar-refractivity contribution is 6.25. The van der Waals surface area contributed by atoms with Crippen molar-refractivity contribution in [2.24, 2.45) is 0 Å². The molecule has 1 saturated heterocycles. The van der Waals surface area contributed by atoms with Gasteiger partial charge in [-0.1, -0.05) is 24.3 Å². The van der Waals surface area contributed by atoms with Gasteiger partial charge in [0.25, 0.3) is 5.91 Å². The van der Waals surface area contributed by atoms with Crippen LogP contribution in [0, 0.1) is 0 Å². The zero-order valence-electron chi connectivity index (χ0n) is 14.7. The SMILES string of the molecule is C[C@@H]1CN(C[C@H](O)CN2C(=O)c3cccc4cccc2c34)C[C@H](C)O1. The van der Waals surface area contributed by atoms with E-state index in [4.69, 9.17) is 4.74 Å². The molecule has 5 nitrogen and oxygen atoms in total. The summed E-state index contributed by atoms with van der Waals surface area (Å²) >= 11 is 0. The fourth-order valence-electron chi connectivity index (χ4n) is 4.16. The van der Waals surface area contributed by atoms with E-state index < -0.39 is 6.10 Å². The maximum atomic E-state index is 12.8. The van der Waals surface area contributed by atoms with Gasteiger partial charge in [0.2, 0.25) is 0 Å². The molecule has 0 aromatic heterocycles. The van der Waals surface area contributed by atoms with Crippen molar-refractivity contribution in [1.29, 1.82) is 0 Å². The second-order valence-corrected chi connectivity index (χ2v) is 7.23. The van der Waals surface area contributed by atoms with E-state index in [1.54, 1.807) is 4.90 Å². The first-order valence-corrected chi connectivity index (χ1v) is 8.92. The number of ether oxygens (including phenoxy) is 1. The van der Waals surface area contributed by atoms with Gasteiger partial charge in [0.05, 0.1) is 30.5 Å². The minimum Gasteiger partial charge on any atom is -0.390 e. The van der Waals surface area contributed by atoms with Crippen LogP contribution in [0.15, 0.2) is 36.4 Å². The number of aliphatic hydroxyl groups is 1. The Morgan fingerprint density at radius 2 is 1.80 bits per heavy atom. The summed E-state index contributed by atoms with van der Waals surface area (Å²) in [5, 5.41) is 12.7. The number of amides is 1. The van der Waals surface area contributed by atoms with Gasteiger partial charge in [-0.2, -0.15) is 0 Å². The van der Waals surface area contributed by atoms with E-state index in [-0.39, 0.29) is 18.1 Å². The number of anilines is 1. The topological polar surface area (TPSA) is 53.0 Å². The quantitative estimate of drug-likeness (QED) is 0.928. The lowest BCUT2D eigenvalue weighted by atomic mass is 10.1. The van der Waals surface area contributed by atoms with Gasteiger partial charge in [0, 0.05) is 30.6 Å². The highest BCUT2D eigenvalue weighted by Crippen LogP contribution is 2.37. The smallest absolute Gasteiger partial charge is 0.259 e. The van der Waals surface area contributed by atoms with Gasteiger partial charge in [-0.05, 0) is 31.4 Å². The molecule has 0 radical (unpaired) electrons. The number of hydrogen-bond donors (Lipinski definition) is 1. The van der Waals surface area contributed by atoms with Gasteiger partial charge >= 0.3 is 0 Å². The lowest BCUT2D eigenvalue weighted by Gasteiger charge is -2.36. The Hall–Kier alpha value is -1.95. The molecule has 0 unspecified atom stereocenters. The van der Waals surface area contributed by atoms with Crippen molar-refractivity contribution in [1.82, 2.24) is 4.90 Å². The monoisotopic (exact) mass is 340 g/mol. The molecule has 5 heteroatoms. The van der Waals surface area contributed by atoms with Gasteiger partial charge in [-0.3, -0.25) is 9.69 Å². The standard InChI is InChI=1S/C20H24N2O3/c1-13-9-21(10-14(2)25-13)11-16(23)12-22-18-8-4-6-15-5-3-7-17(19(15)18)20(22)24/h3-8,13-14,16,23H,9-12H2,1-2H3/t13-,14+,16-/m0/s1. The zero-order valence-corrected chi connectivity index (χ0v) is 14.7. The molecule has 1 fully saturated rings. The summed E-state index contributed by atoms with van der Waals surface area (Å²) in [7, 11) is 0. The Balaban J connectivity index is 1.50. The van der Waals surface area contributed by atoms with Crippen molar-refractivity contribution in [3.8, 4) is 0 Å².